The number of ether oxygens (including phenoxy) is 1. The first-order valence-corrected chi connectivity index (χ1v) is 6.05. The molecule has 4 heteroatoms. The minimum atomic E-state index is -0.494. The molecule has 1 N–H and O–H groups in total. The third-order valence-corrected chi connectivity index (χ3v) is 3.02. The van der Waals surface area contributed by atoms with Crippen LogP contribution >= 0.6 is 0 Å². The van der Waals surface area contributed by atoms with Gasteiger partial charge in [0.05, 0.1) is 12.7 Å². The molecular formula is C16H14O4. The molecule has 20 heavy (non-hydrogen) atoms. The summed E-state index contributed by atoms with van der Waals surface area (Å²) in [5.74, 6) is -0.683. The van der Waals surface area contributed by atoms with Crippen LogP contribution in [0.4, 0.5) is 0 Å². The maximum absolute atomic E-state index is 12.3. The molecule has 0 saturated heterocycles. The Bertz CT molecular complexity index is 674. The van der Waals surface area contributed by atoms with Gasteiger partial charge in [0.15, 0.2) is 5.78 Å². The van der Waals surface area contributed by atoms with Crippen molar-refractivity contribution in [2.75, 3.05) is 7.11 Å². The van der Waals surface area contributed by atoms with Crippen LogP contribution in [0.5, 0.6) is 5.75 Å². The molecular weight excluding hydrogens is 256 g/mol. The summed E-state index contributed by atoms with van der Waals surface area (Å²) in [7, 11) is 1.29. The standard InChI is InChI=1S/C16H14O4/c1-10-6-7-12(9-14(10)17)15(18)11-4-3-5-13(8-11)16(19)20-2/h3-9,17H,1-2H3. The minimum absolute atomic E-state index is 0.0694. The zero-order valence-corrected chi connectivity index (χ0v) is 11.2. The van der Waals surface area contributed by atoms with E-state index in [4.69, 9.17) is 0 Å². The largest absolute Gasteiger partial charge is 0.508 e. The van der Waals surface area contributed by atoms with Gasteiger partial charge in [-0.25, -0.2) is 4.79 Å². The quantitative estimate of drug-likeness (QED) is 0.688. The zero-order chi connectivity index (χ0) is 14.7. The molecule has 0 fully saturated rings. The van der Waals surface area contributed by atoms with Gasteiger partial charge in [-0.3, -0.25) is 4.79 Å². The summed E-state index contributed by atoms with van der Waals surface area (Å²) in [5, 5.41) is 9.65. The molecule has 0 spiro atoms. The summed E-state index contributed by atoms with van der Waals surface area (Å²) in [6.45, 7) is 1.75. The number of ketones is 1. The molecule has 0 heterocycles. The van der Waals surface area contributed by atoms with E-state index in [-0.39, 0.29) is 11.5 Å². The number of phenols is 1. The Morgan fingerprint density at radius 1 is 1.00 bits per heavy atom. The zero-order valence-electron chi connectivity index (χ0n) is 11.2. The molecule has 0 saturated carbocycles. The maximum atomic E-state index is 12.3. The van der Waals surface area contributed by atoms with Crippen LogP contribution in [-0.4, -0.2) is 24.0 Å². The molecule has 2 aromatic rings. The number of methoxy groups -OCH3 is 1. The van der Waals surface area contributed by atoms with Gasteiger partial charge in [0.1, 0.15) is 5.75 Å². The van der Waals surface area contributed by atoms with E-state index < -0.39 is 5.97 Å². The Labute approximate surface area is 116 Å². The lowest BCUT2D eigenvalue weighted by molar-refractivity contribution is 0.0600. The van der Waals surface area contributed by atoms with Crippen LogP contribution in [0, 0.1) is 6.92 Å². The molecule has 0 atom stereocenters. The summed E-state index contributed by atoms with van der Waals surface area (Å²) < 4.78 is 4.62. The number of hydrogen-bond donors (Lipinski definition) is 1. The number of hydrogen-bond acceptors (Lipinski definition) is 4. The van der Waals surface area contributed by atoms with Gasteiger partial charge in [-0.05, 0) is 30.7 Å². The number of benzene rings is 2. The van der Waals surface area contributed by atoms with Crippen molar-refractivity contribution in [3.63, 3.8) is 0 Å². The van der Waals surface area contributed by atoms with E-state index >= 15 is 0 Å². The Hall–Kier alpha value is -2.62. The molecule has 2 aromatic carbocycles. The van der Waals surface area contributed by atoms with Crippen molar-refractivity contribution in [3.05, 3.63) is 64.7 Å². The summed E-state index contributed by atoms with van der Waals surface area (Å²) >= 11 is 0. The number of carbonyl (C=O) groups excluding carboxylic acids is 2. The van der Waals surface area contributed by atoms with Gasteiger partial charge >= 0.3 is 5.97 Å². The van der Waals surface area contributed by atoms with Gasteiger partial charge in [0.25, 0.3) is 0 Å². The molecule has 0 amide bonds. The fourth-order valence-corrected chi connectivity index (χ4v) is 1.82. The van der Waals surface area contributed by atoms with Crippen LogP contribution in [0.1, 0.15) is 31.8 Å². The van der Waals surface area contributed by atoms with Crippen LogP contribution in [0.25, 0.3) is 0 Å². The van der Waals surface area contributed by atoms with Crippen molar-refractivity contribution in [1.29, 1.82) is 0 Å². The highest BCUT2D eigenvalue weighted by Crippen LogP contribution is 2.20. The third kappa shape index (κ3) is 2.69. The Balaban J connectivity index is 2.38. The molecule has 0 aliphatic rings. The highest BCUT2D eigenvalue weighted by molar-refractivity contribution is 6.10. The number of phenolic OH excluding ortho intramolecular Hbond substituents is 1. The second-order valence-corrected chi connectivity index (χ2v) is 4.40. The van der Waals surface area contributed by atoms with E-state index in [1.165, 1.54) is 19.2 Å². The fraction of sp³-hybridized carbons (Fsp3) is 0.125. The third-order valence-electron chi connectivity index (χ3n) is 3.02. The lowest BCUT2D eigenvalue weighted by Gasteiger charge is -2.05. The van der Waals surface area contributed by atoms with Crippen molar-refractivity contribution in [2.24, 2.45) is 0 Å². The van der Waals surface area contributed by atoms with Gasteiger partial charge in [-0.15, -0.1) is 0 Å². The second-order valence-electron chi connectivity index (χ2n) is 4.40. The lowest BCUT2D eigenvalue weighted by Crippen LogP contribution is -2.06. The highest BCUT2D eigenvalue weighted by Gasteiger charge is 2.13. The fourth-order valence-electron chi connectivity index (χ4n) is 1.82. The molecule has 0 unspecified atom stereocenters. The van der Waals surface area contributed by atoms with E-state index in [1.807, 2.05) is 0 Å². The maximum Gasteiger partial charge on any atom is 0.337 e. The molecule has 0 aromatic heterocycles. The van der Waals surface area contributed by atoms with E-state index in [0.717, 1.165) is 0 Å². The molecule has 0 aliphatic heterocycles. The van der Waals surface area contributed by atoms with Gasteiger partial charge < -0.3 is 9.84 Å². The summed E-state index contributed by atoms with van der Waals surface area (Å²) in [6.07, 6.45) is 0. The smallest absolute Gasteiger partial charge is 0.337 e. The van der Waals surface area contributed by atoms with Crippen molar-refractivity contribution in [2.45, 2.75) is 6.92 Å². The number of esters is 1. The van der Waals surface area contributed by atoms with Crippen molar-refractivity contribution in [1.82, 2.24) is 0 Å². The average molecular weight is 270 g/mol. The van der Waals surface area contributed by atoms with E-state index in [0.29, 0.717) is 22.3 Å². The predicted octanol–water partition coefficient (Wildman–Crippen LogP) is 2.72. The molecule has 102 valence electrons. The number of aryl methyl sites for hydroxylation is 1. The van der Waals surface area contributed by atoms with Crippen molar-refractivity contribution in [3.8, 4) is 5.75 Å². The monoisotopic (exact) mass is 270 g/mol. The summed E-state index contributed by atoms with van der Waals surface area (Å²) in [6, 6.07) is 11.0. The Morgan fingerprint density at radius 2 is 1.65 bits per heavy atom. The van der Waals surface area contributed by atoms with Crippen LogP contribution in [-0.2, 0) is 4.74 Å². The van der Waals surface area contributed by atoms with Crippen LogP contribution in [0.15, 0.2) is 42.5 Å². The highest BCUT2D eigenvalue weighted by atomic mass is 16.5. The SMILES string of the molecule is COC(=O)c1cccc(C(=O)c2ccc(C)c(O)c2)c1. The van der Waals surface area contributed by atoms with Crippen LogP contribution < -0.4 is 0 Å². The number of carbonyl (C=O) groups is 2. The van der Waals surface area contributed by atoms with Crippen molar-refractivity contribution >= 4 is 11.8 Å². The average Bonchev–Trinajstić information content (AvgIpc) is 2.48. The Kier molecular flexibility index (Phi) is 3.84. The lowest BCUT2D eigenvalue weighted by atomic mass is 10.00. The second kappa shape index (κ2) is 5.57. The van der Waals surface area contributed by atoms with E-state index in [9.17, 15) is 14.7 Å². The first-order valence-electron chi connectivity index (χ1n) is 6.05. The van der Waals surface area contributed by atoms with Crippen molar-refractivity contribution < 1.29 is 19.4 Å². The van der Waals surface area contributed by atoms with Gasteiger partial charge in [0.2, 0.25) is 0 Å². The molecule has 0 aliphatic carbocycles. The molecule has 0 radical (unpaired) electrons. The number of aromatic hydroxyl groups is 1. The van der Waals surface area contributed by atoms with Gasteiger partial charge in [0, 0.05) is 11.1 Å². The van der Waals surface area contributed by atoms with E-state index in [1.54, 1.807) is 37.3 Å². The molecule has 4 nitrogen and oxygen atoms in total. The van der Waals surface area contributed by atoms with Gasteiger partial charge in [-0.2, -0.15) is 0 Å². The summed E-state index contributed by atoms with van der Waals surface area (Å²) in [4.78, 5) is 23.8. The predicted molar refractivity (Wildman–Crippen MR) is 74.1 cm³/mol. The van der Waals surface area contributed by atoms with Crippen LogP contribution in [0.3, 0.4) is 0 Å². The van der Waals surface area contributed by atoms with E-state index in [2.05, 4.69) is 4.74 Å². The minimum Gasteiger partial charge on any atom is -0.508 e. The van der Waals surface area contributed by atoms with Crippen LogP contribution in [0.2, 0.25) is 0 Å². The topological polar surface area (TPSA) is 63.6 Å². The molecule has 0 bridgehead atoms. The normalized spacial score (nSPS) is 10.1. The summed E-state index contributed by atoms with van der Waals surface area (Å²) in [5.41, 5.74) is 1.76. The first-order chi connectivity index (χ1) is 9.52. The van der Waals surface area contributed by atoms with Gasteiger partial charge in [-0.1, -0.05) is 24.3 Å². The first kappa shape index (κ1) is 13.8. The number of rotatable bonds is 3. The molecule has 2 rings (SSSR count). The Morgan fingerprint density at radius 3 is 2.30 bits per heavy atom.